The van der Waals surface area contributed by atoms with Crippen LogP contribution in [0.4, 0.5) is 4.79 Å². The van der Waals surface area contributed by atoms with Crippen LogP contribution in [-0.2, 0) is 33.3 Å². The van der Waals surface area contributed by atoms with Crippen LogP contribution in [0, 0.1) is 0 Å². The summed E-state index contributed by atoms with van der Waals surface area (Å²) in [6.45, 7) is 15.2. The van der Waals surface area contributed by atoms with Crippen LogP contribution in [0.25, 0.3) is 0 Å². The summed E-state index contributed by atoms with van der Waals surface area (Å²) < 4.78 is 24.0. The minimum Gasteiger partial charge on any atom is -0.462 e. The first kappa shape index (κ1) is 69.6. The second-order valence-corrected chi connectivity index (χ2v) is 21.8. The maximum Gasteiger partial charge on any atom is 0.410 e. The molecule has 0 bridgehead atoms. The van der Waals surface area contributed by atoms with Crippen LogP contribution in [0.2, 0.25) is 0 Å². The summed E-state index contributed by atoms with van der Waals surface area (Å²) in [4.78, 5) is 56.0. The molecule has 0 aromatic carbocycles. The summed E-state index contributed by atoms with van der Waals surface area (Å²) in [7, 11) is 4.12. The average molecular weight is 1020 g/mol. The topological polar surface area (TPSA) is 112 Å². The van der Waals surface area contributed by atoms with E-state index in [1.165, 1.54) is 77.0 Å². The highest BCUT2D eigenvalue weighted by atomic mass is 16.6. The molecule has 0 spiro atoms. The highest BCUT2D eigenvalue weighted by molar-refractivity contribution is 5.70. The summed E-state index contributed by atoms with van der Waals surface area (Å²) in [5.74, 6) is -0.161. The third-order valence-electron chi connectivity index (χ3n) is 14.5. The summed E-state index contributed by atoms with van der Waals surface area (Å²) in [5.41, 5.74) is 0. The predicted octanol–water partition coefficient (Wildman–Crippen LogP) is 18.0. The van der Waals surface area contributed by atoms with Crippen molar-refractivity contribution in [2.75, 3.05) is 33.7 Å². The summed E-state index contributed by atoms with van der Waals surface area (Å²) in [6, 6.07) is 0. The number of carbonyl (C=O) groups is 4. The Labute approximate surface area is 446 Å². The second kappa shape index (κ2) is 52.1. The van der Waals surface area contributed by atoms with Gasteiger partial charge in [0.15, 0.2) is 0 Å². The standard InChI is InChI=1S/C62H120N2O8/c1-9-15-19-32-43-56(44-33-20-16-10-2)70-60(66)49-38-29-25-23-27-36-47-58(72-62(68)64(54-42-52-63(7)8)53-41-31-40-51-59(65)69-55(13-5)14-6)48-37-28-24-26-30-39-50-61(67)71-57(45-34-21-17-11-3)46-35-22-18-12-4/h55-58H,9-54H2,1-8H3. The fraction of sp³-hybridized carbons (Fsp3) is 0.935. The predicted molar refractivity (Wildman–Crippen MR) is 303 cm³/mol. The molecule has 0 heterocycles. The number of nitrogens with zero attached hydrogens (tertiary/aromatic N) is 2. The van der Waals surface area contributed by atoms with Gasteiger partial charge in [-0.05, 0) is 143 Å². The molecule has 0 atom stereocenters. The van der Waals surface area contributed by atoms with Crippen LogP contribution in [-0.4, -0.2) is 91.9 Å². The van der Waals surface area contributed by atoms with Crippen LogP contribution in [0.15, 0.2) is 0 Å². The third-order valence-corrected chi connectivity index (χ3v) is 14.5. The van der Waals surface area contributed by atoms with Crippen LogP contribution in [0.1, 0.15) is 318 Å². The van der Waals surface area contributed by atoms with E-state index in [1.54, 1.807) is 0 Å². The number of unbranched alkanes of at least 4 members (excludes halogenated alkanes) is 24. The number of esters is 3. The molecule has 0 aliphatic rings. The Morgan fingerprint density at radius 1 is 0.306 bits per heavy atom. The van der Waals surface area contributed by atoms with E-state index < -0.39 is 0 Å². The lowest BCUT2D eigenvalue weighted by molar-refractivity contribution is -0.151. The molecule has 426 valence electrons. The van der Waals surface area contributed by atoms with Gasteiger partial charge in [0.05, 0.1) is 0 Å². The van der Waals surface area contributed by atoms with Gasteiger partial charge in [0.1, 0.15) is 24.4 Å². The summed E-state index contributed by atoms with van der Waals surface area (Å²) in [5, 5.41) is 0. The van der Waals surface area contributed by atoms with Gasteiger partial charge in [-0.1, -0.05) is 176 Å². The van der Waals surface area contributed by atoms with Crippen molar-refractivity contribution in [1.82, 2.24) is 9.80 Å². The molecule has 0 aromatic heterocycles. The van der Waals surface area contributed by atoms with Gasteiger partial charge in [-0.3, -0.25) is 14.4 Å². The zero-order chi connectivity index (χ0) is 53.1. The van der Waals surface area contributed by atoms with Gasteiger partial charge in [-0.25, -0.2) is 4.79 Å². The average Bonchev–Trinajstić information content (AvgIpc) is 3.36. The zero-order valence-electron chi connectivity index (χ0n) is 49.0. The molecule has 0 radical (unpaired) electrons. The Hall–Kier alpha value is -2.36. The molecule has 0 saturated carbocycles. The number of amides is 1. The van der Waals surface area contributed by atoms with Crippen molar-refractivity contribution in [3.8, 4) is 0 Å². The fourth-order valence-corrected chi connectivity index (χ4v) is 9.71. The molecule has 0 aromatic rings. The van der Waals surface area contributed by atoms with Crippen LogP contribution >= 0.6 is 0 Å². The first-order valence-electron chi connectivity index (χ1n) is 31.2. The molecule has 1 amide bonds. The number of hydrogen-bond donors (Lipinski definition) is 0. The van der Waals surface area contributed by atoms with E-state index in [4.69, 9.17) is 18.9 Å². The van der Waals surface area contributed by atoms with Gasteiger partial charge in [0.25, 0.3) is 0 Å². The fourth-order valence-electron chi connectivity index (χ4n) is 9.71. The van der Waals surface area contributed by atoms with Crippen molar-refractivity contribution in [1.29, 1.82) is 0 Å². The van der Waals surface area contributed by atoms with Crippen LogP contribution < -0.4 is 0 Å². The van der Waals surface area contributed by atoms with E-state index in [2.05, 4.69) is 46.7 Å². The lowest BCUT2D eigenvalue weighted by Gasteiger charge is -2.26. The minimum atomic E-state index is -0.209. The lowest BCUT2D eigenvalue weighted by atomic mass is 10.0. The first-order valence-corrected chi connectivity index (χ1v) is 31.2. The maximum absolute atomic E-state index is 13.9. The van der Waals surface area contributed by atoms with Gasteiger partial charge in [-0.15, -0.1) is 0 Å². The molecule has 10 heteroatoms. The Kier molecular flexibility index (Phi) is 50.4. The van der Waals surface area contributed by atoms with Crippen molar-refractivity contribution >= 4 is 24.0 Å². The van der Waals surface area contributed by atoms with Gasteiger partial charge < -0.3 is 28.7 Å². The van der Waals surface area contributed by atoms with E-state index in [1.807, 2.05) is 18.7 Å². The Morgan fingerprint density at radius 2 is 0.583 bits per heavy atom. The largest absolute Gasteiger partial charge is 0.462 e. The van der Waals surface area contributed by atoms with E-state index in [-0.39, 0.29) is 48.4 Å². The number of rotatable bonds is 54. The van der Waals surface area contributed by atoms with E-state index >= 15 is 0 Å². The highest BCUT2D eigenvalue weighted by Gasteiger charge is 2.21. The zero-order valence-corrected chi connectivity index (χ0v) is 49.0. The lowest BCUT2D eigenvalue weighted by Crippen LogP contribution is -2.37. The van der Waals surface area contributed by atoms with Crippen LogP contribution in [0.3, 0.4) is 0 Å². The number of ether oxygens (including phenoxy) is 4. The molecule has 0 fully saturated rings. The molecular formula is C62H120N2O8. The normalized spacial score (nSPS) is 11.7. The number of carbonyl (C=O) groups excluding carboxylic acids is 4. The summed E-state index contributed by atoms with van der Waals surface area (Å²) >= 11 is 0. The monoisotopic (exact) mass is 1020 g/mol. The molecule has 0 unspecified atom stereocenters. The Morgan fingerprint density at radius 3 is 0.917 bits per heavy atom. The van der Waals surface area contributed by atoms with Crippen molar-refractivity contribution in [2.24, 2.45) is 0 Å². The van der Waals surface area contributed by atoms with Gasteiger partial charge in [-0.2, -0.15) is 0 Å². The van der Waals surface area contributed by atoms with E-state index in [9.17, 15) is 19.2 Å². The highest BCUT2D eigenvalue weighted by Crippen LogP contribution is 2.22. The molecule has 10 nitrogen and oxygen atoms in total. The van der Waals surface area contributed by atoms with Crippen molar-refractivity contribution in [3.63, 3.8) is 0 Å². The smallest absolute Gasteiger partial charge is 0.410 e. The van der Waals surface area contributed by atoms with Crippen LogP contribution in [0.5, 0.6) is 0 Å². The van der Waals surface area contributed by atoms with E-state index in [0.29, 0.717) is 32.4 Å². The maximum atomic E-state index is 13.9. The van der Waals surface area contributed by atoms with Crippen molar-refractivity contribution in [3.05, 3.63) is 0 Å². The molecule has 0 saturated heterocycles. The minimum absolute atomic E-state index is 0.00241. The van der Waals surface area contributed by atoms with Gasteiger partial charge in [0.2, 0.25) is 0 Å². The Bertz CT molecular complexity index is 1150. The second-order valence-electron chi connectivity index (χ2n) is 21.8. The molecule has 0 aliphatic carbocycles. The molecular weight excluding hydrogens is 901 g/mol. The third kappa shape index (κ3) is 45.1. The van der Waals surface area contributed by atoms with Crippen molar-refractivity contribution in [2.45, 2.75) is 342 Å². The molecule has 0 aliphatic heterocycles. The van der Waals surface area contributed by atoms with E-state index in [0.717, 1.165) is 186 Å². The van der Waals surface area contributed by atoms with Gasteiger partial charge >= 0.3 is 24.0 Å². The van der Waals surface area contributed by atoms with Crippen molar-refractivity contribution < 1.29 is 38.1 Å². The molecule has 0 N–H and O–H groups in total. The molecule has 0 rings (SSSR count). The quantitative estimate of drug-likeness (QED) is 0.0334. The SMILES string of the molecule is CCCCCCC(CCCCCC)OC(=O)CCCCCCCCC(CCCCCCCCC(=O)OC(CCCCCC)CCCCCC)OC(=O)N(CCCCCC(=O)OC(CC)CC)CCCN(C)C. The summed E-state index contributed by atoms with van der Waals surface area (Å²) in [6.07, 6.45) is 43.8. The molecule has 72 heavy (non-hydrogen) atoms. The first-order chi connectivity index (χ1) is 35.0. The Balaban J connectivity index is 5.21. The number of hydrogen-bond acceptors (Lipinski definition) is 9. The van der Waals surface area contributed by atoms with Gasteiger partial charge in [0, 0.05) is 32.4 Å².